The number of halogens is 6. The average molecular weight is 509 g/mol. The molecule has 0 bridgehead atoms. The summed E-state index contributed by atoms with van der Waals surface area (Å²) < 4.78 is 81.2. The third kappa shape index (κ3) is 7.78. The smallest absolute Gasteiger partial charge is 0.406 e. The topological polar surface area (TPSA) is 33.3 Å². The van der Waals surface area contributed by atoms with E-state index in [1.165, 1.54) is 30.3 Å². The number of alkyl halides is 6. The van der Waals surface area contributed by atoms with Crippen LogP contribution in [-0.4, -0.2) is 13.4 Å². The Morgan fingerprint density at radius 3 is 2.08 bits per heavy atom. The largest absolute Gasteiger partial charge is 0.573 e. The highest BCUT2D eigenvalue weighted by atomic mass is 19.4. The standard InChI is InChI=1S/C27H26F6N2O/c1-18(34-2)25(20-7-4-3-5-8-20)35-24(21-9-6-10-23(17-21)36-27(31,32)33)16-13-19-11-14-22(15-12-19)26(28,29)30/h3-12,14-15,17,24-25,34-35H,1,13,16H2,2H3/t24-,25+/m1/s1. The van der Waals surface area contributed by atoms with Crippen LogP contribution in [0.1, 0.15) is 40.8 Å². The summed E-state index contributed by atoms with van der Waals surface area (Å²) >= 11 is 0. The van der Waals surface area contributed by atoms with Gasteiger partial charge in [0.2, 0.25) is 0 Å². The highest BCUT2D eigenvalue weighted by molar-refractivity contribution is 5.33. The van der Waals surface area contributed by atoms with E-state index in [4.69, 9.17) is 0 Å². The Kier molecular flexibility index (Phi) is 8.68. The molecule has 0 saturated carbocycles. The van der Waals surface area contributed by atoms with E-state index >= 15 is 0 Å². The summed E-state index contributed by atoms with van der Waals surface area (Å²) in [4.78, 5) is 0. The van der Waals surface area contributed by atoms with Crippen molar-refractivity contribution in [3.63, 3.8) is 0 Å². The summed E-state index contributed by atoms with van der Waals surface area (Å²) in [6, 6.07) is 19.0. The lowest BCUT2D eigenvalue weighted by atomic mass is 9.95. The monoisotopic (exact) mass is 508 g/mol. The lowest BCUT2D eigenvalue weighted by Gasteiger charge is -2.28. The number of hydrogen-bond donors (Lipinski definition) is 2. The van der Waals surface area contributed by atoms with Gasteiger partial charge in [0.15, 0.2) is 0 Å². The molecule has 0 aromatic heterocycles. The molecule has 3 rings (SSSR count). The number of nitrogens with one attached hydrogen (secondary N) is 2. The molecular formula is C27H26F6N2O. The van der Waals surface area contributed by atoms with Crippen LogP contribution in [0.25, 0.3) is 0 Å². The lowest BCUT2D eigenvalue weighted by molar-refractivity contribution is -0.274. The van der Waals surface area contributed by atoms with E-state index in [0.29, 0.717) is 29.7 Å². The van der Waals surface area contributed by atoms with Gasteiger partial charge in [-0.3, -0.25) is 5.32 Å². The Balaban J connectivity index is 1.90. The van der Waals surface area contributed by atoms with Crippen molar-refractivity contribution in [2.24, 2.45) is 0 Å². The minimum atomic E-state index is -4.84. The Morgan fingerprint density at radius 1 is 0.861 bits per heavy atom. The Morgan fingerprint density at radius 2 is 1.50 bits per heavy atom. The third-order valence-electron chi connectivity index (χ3n) is 5.67. The summed E-state index contributed by atoms with van der Waals surface area (Å²) in [7, 11) is 1.72. The summed E-state index contributed by atoms with van der Waals surface area (Å²) in [6.07, 6.45) is -8.50. The van der Waals surface area contributed by atoms with Gasteiger partial charge in [-0.05, 0) is 53.8 Å². The van der Waals surface area contributed by atoms with Crippen molar-refractivity contribution in [1.29, 1.82) is 0 Å². The summed E-state index contributed by atoms with van der Waals surface area (Å²) in [5, 5.41) is 6.47. The van der Waals surface area contributed by atoms with Crippen LogP contribution in [-0.2, 0) is 12.6 Å². The zero-order valence-electron chi connectivity index (χ0n) is 19.5. The van der Waals surface area contributed by atoms with Gasteiger partial charge >= 0.3 is 12.5 Å². The maximum absolute atomic E-state index is 12.9. The molecule has 3 aromatic rings. The van der Waals surface area contributed by atoms with E-state index < -0.39 is 24.1 Å². The van der Waals surface area contributed by atoms with E-state index in [0.717, 1.165) is 17.7 Å². The van der Waals surface area contributed by atoms with Gasteiger partial charge in [0.05, 0.1) is 11.6 Å². The van der Waals surface area contributed by atoms with Crippen molar-refractivity contribution < 1.29 is 31.1 Å². The Bertz CT molecular complexity index is 1130. The molecule has 0 fully saturated rings. The van der Waals surface area contributed by atoms with Crippen molar-refractivity contribution in [3.8, 4) is 5.75 Å². The maximum Gasteiger partial charge on any atom is 0.573 e. The molecule has 36 heavy (non-hydrogen) atoms. The first-order valence-corrected chi connectivity index (χ1v) is 11.2. The van der Waals surface area contributed by atoms with Crippen molar-refractivity contribution >= 4 is 0 Å². The van der Waals surface area contributed by atoms with Crippen molar-refractivity contribution in [3.05, 3.63) is 113 Å². The average Bonchev–Trinajstić information content (AvgIpc) is 2.83. The van der Waals surface area contributed by atoms with Gasteiger partial charge < -0.3 is 10.1 Å². The van der Waals surface area contributed by atoms with Gasteiger partial charge in [0.25, 0.3) is 0 Å². The van der Waals surface area contributed by atoms with Crippen LogP contribution in [0.2, 0.25) is 0 Å². The second-order valence-corrected chi connectivity index (χ2v) is 8.19. The van der Waals surface area contributed by atoms with Gasteiger partial charge in [-0.2, -0.15) is 13.2 Å². The first-order chi connectivity index (χ1) is 17.0. The summed E-state index contributed by atoms with van der Waals surface area (Å²) in [5.74, 6) is -0.356. The fourth-order valence-corrected chi connectivity index (χ4v) is 3.84. The van der Waals surface area contributed by atoms with E-state index in [-0.39, 0.29) is 11.8 Å². The van der Waals surface area contributed by atoms with Crippen LogP contribution in [0, 0.1) is 0 Å². The molecule has 0 unspecified atom stereocenters. The third-order valence-corrected chi connectivity index (χ3v) is 5.67. The van der Waals surface area contributed by atoms with E-state index in [1.807, 2.05) is 30.3 Å². The lowest BCUT2D eigenvalue weighted by Crippen LogP contribution is -2.31. The van der Waals surface area contributed by atoms with Crippen LogP contribution >= 0.6 is 0 Å². The summed E-state index contributed by atoms with van der Waals surface area (Å²) in [6.45, 7) is 4.06. The zero-order chi connectivity index (χ0) is 26.3. The number of aryl methyl sites for hydroxylation is 1. The van der Waals surface area contributed by atoms with Gasteiger partial charge in [0, 0.05) is 18.8 Å². The molecule has 0 aliphatic heterocycles. The number of likely N-dealkylation sites (N-methyl/N-ethyl adjacent to an activating group) is 1. The Hall–Kier alpha value is -3.46. The Labute approximate surface area is 205 Å². The predicted octanol–water partition coefficient (Wildman–Crippen LogP) is 7.34. The van der Waals surface area contributed by atoms with Crippen LogP contribution in [0.5, 0.6) is 5.75 Å². The highest BCUT2D eigenvalue weighted by Crippen LogP contribution is 2.32. The molecule has 2 atom stereocenters. The fourth-order valence-electron chi connectivity index (χ4n) is 3.84. The molecule has 0 spiro atoms. The molecule has 2 N–H and O–H groups in total. The molecule has 9 heteroatoms. The molecule has 3 aromatic carbocycles. The number of rotatable bonds is 10. The minimum absolute atomic E-state index is 0.356. The molecule has 0 aliphatic carbocycles. The SMILES string of the molecule is C=C(NC)[C@H](N[C@H](CCc1ccc(C(F)(F)F)cc1)c1cccc(OC(F)(F)F)c1)c1ccccc1. The molecule has 192 valence electrons. The van der Waals surface area contributed by atoms with E-state index in [2.05, 4.69) is 21.9 Å². The van der Waals surface area contributed by atoms with Crippen LogP contribution in [0.15, 0.2) is 91.1 Å². The maximum atomic E-state index is 12.9. The second-order valence-electron chi connectivity index (χ2n) is 8.19. The quantitative estimate of drug-likeness (QED) is 0.281. The van der Waals surface area contributed by atoms with Crippen molar-refractivity contribution in [2.45, 2.75) is 37.5 Å². The second kappa shape index (κ2) is 11.5. The number of benzene rings is 3. The van der Waals surface area contributed by atoms with Crippen LogP contribution in [0.4, 0.5) is 26.3 Å². The fraction of sp³-hybridized carbons (Fsp3) is 0.259. The van der Waals surface area contributed by atoms with E-state index in [9.17, 15) is 26.3 Å². The molecular weight excluding hydrogens is 482 g/mol. The molecule has 0 heterocycles. The first kappa shape index (κ1) is 27.1. The van der Waals surface area contributed by atoms with Crippen LogP contribution in [0.3, 0.4) is 0 Å². The van der Waals surface area contributed by atoms with Gasteiger partial charge in [0.1, 0.15) is 5.75 Å². The highest BCUT2D eigenvalue weighted by Gasteiger charge is 2.32. The molecule has 0 amide bonds. The zero-order valence-corrected chi connectivity index (χ0v) is 19.5. The number of ether oxygens (including phenoxy) is 1. The molecule has 3 nitrogen and oxygen atoms in total. The predicted molar refractivity (Wildman–Crippen MR) is 126 cm³/mol. The van der Waals surface area contributed by atoms with Gasteiger partial charge in [-0.1, -0.05) is 61.2 Å². The number of hydrogen-bond acceptors (Lipinski definition) is 3. The summed E-state index contributed by atoms with van der Waals surface area (Å²) in [5.41, 5.74) is 1.99. The first-order valence-electron chi connectivity index (χ1n) is 11.2. The molecule has 0 saturated heterocycles. The van der Waals surface area contributed by atoms with Crippen LogP contribution < -0.4 is 15.4 Å². The van der Waals surface area contributed by atoms with Gasteiger partial charge in [-0.15, -0.1) is 13.2 Å². The molecule has 0 aliphatic rings. The van der Waals surface area contributed by atoms with Crippen molar-refractivity contribution in [1.82, 2.24) is 10.6 Å². The van der Waals surface area contributed by atoms with E-state index in [1.54, 1.807) is 13.1 Å². The minimum Gasteiger partial charge on any atom is -0.406 e. The van der Waals surface area contributed by atoms with Crippen molar-refractivity contribution in [2.75, 3.05) is 7.05 Å². The molecule has 0 radical (unpaired) electrons. The normalized spacial score (nSPS) is 13.6. The van der Waals surface area contributed by atoms with Gasteiger partial charge in [-0.25, -0.2) is 0 Å².